The van der Waals surface area contributed by atoms with Crippen LogP contribution in [-0.4, -0.2) is 86.6 Å². The second kappa shape index (κ2) is 13.7. The van der Waals surface area contributed by atoms with Gasteiger partial charge in [0.1, 0.15) is 22.5 Å². The molecule has 11 nitrogen and oxygen atoms in total. The molecule has 2 saturated heterocycles. The van der Waals surface area contributed by atoms with Crippen molar-refractivity contribution in [1.82, 2.24) is 19.2 Å². The van der Waals surface area contributed by atoms with Crippen molar-refractivity contribution in [2.45, 2.75) is 38.1 Å². The number of sulfonamides is 1. The number of nitrogens with one attached hydrogen (secondary N) is 1. The van der Waals surface area contributed by atoms with Crippen LogP contribution in [0.5, 0.6) is 0 Å². The van der Waals surface area contributed by atoms with Gasteiger partial charge in [-0.15, -0.1) is 0 Å². The van der Waals surface area contributed by atoms with E-state index in [1.807, 2.05) is 44.0 Å². The zero-order valence-corrected chi connectivity index (χ0v) is 28.3. The number of piperazine rings is 1. The highest BCUT2D eigenvalue weighted by Crippen LogP contribution is 2.38. The summed E-state index contributed by atoms with van der Waals surface area (Å²) in [5, 5.41) is 14.5. The molecule has 0 aliphatic carbocycles. The number of rotatable bonds is 9. The second-order valence-corrected chi connectivity index (χ2v) is 14.8. The molecular formula is C33H38FN7O4S2. The van der Waals surface area contributed by atoms with Gasteiger partial charge in [0.15, 0.2) is 5.13 Å². The minimum Gasteiger partial charge on any atom is -0.378 e. The highest BCUT2D eigenvalue weighted by molar-refractivity contribution is 7.89. The third-order valence-corrected chi connectivity index (χ3v) is 12.6. The summed E-state index contributed by atoms with van der Waals surface area (Å²) in [6, 6.07) is 13.6. The predicted octanol–water partition coefficient (Wildman–Crippen LogP) is 4.14. The zero-order chi connectivity index (χ0) is 33.3. The Labute approximate surface area is 277 Å². The van der Waals surface area contributed by atoms with Crippen LogP contribution in [0.1, 0.15) is 25.1 Å². The Balaban J connectivity index is 1.30. The number of halogens is 1. The maximum Gasteiger partial charge on any atom is 0.258 e. The lowest BCUT2D eigenvalue weighted by molar-refractivity contribution is 0.0743. The molecule has 248 valence electrons. The number of morpholine rings is 1. The topological polar surface area (TPSA) is 124 Å². The monoisotopic (exact) mass is 679 g/mol. The minimum absolute atomic E-state index is 0.114. The number of aromatic nitrogens is 2. The minimum atomic E-state index is -3.54. The molecule has 0 radical (unpaired) electrons. The summed E-state index contributed by atoms with van der Waals surface area (Å²) in [5.74, 6) is -0.371. The molecule has 4 aromatic rings. The summed E-state index contributed by atoms with van der Waals surface area (Å²) < 4.78 is 49.7. The summed E-state index contributed by atoms with van der Waals surface area (Å²) in [6.07, 6.45) is 2.30. The molecule has 2 fully saturated rings. The van der Waals surface area contributed by atoms with Gasteiger partial charge in [0.2, 0.25) is 10.0 Å². The molecule has 0 amide bonds. The Bertz CT molecular complexity index is 1960. The van der Waals surface area contributed by atoms with Crippen molar-refractivity contribution < 1.29 is 17.5 Å². The van der Waals surface area contributed by atoms with Crippen molar-refractivity contribution >= 4 is 48.6 Å². The maximum atomic E-state index is 13.7. The third-order valence-electron chi connectivity index (χ3n) is 9.02. The first-order valence-electron chi connectivity index (χ1n) is 15.8. The van der Waals surface area contributed by atoms with Gasteiger partial charge >= 0.3 is 0 Å². The van der Waals surface area contributed by atoms with Crippen molar-refractivity contribution in [3.63, 3.8) is 0 Å². The number of hydrogen-bond donors (Lipinski definition) is 1. The van der Waals surface area contributed by atoms with Crippen molar-refractivity contribution in [1.29, 1.82) is 5.26 Å². The molecule has 2 aliphatic heterocycles. The van der Waals surface area contributed by atoms with Crippen LogP contribution in [0.4, 0.5) is 20.9 Å². The molecule has 2 atom stereocenters. The Hall–Kier alpha value is -3.87. The first kappa shape index (κ1) is 33.0. The van der Waals surface area contributed by atoms with Gasteiger partial charge in [-0.25, -0.2) is 17.8 Å². The molecule has 0 spiro atoms. The fourth-order valence-corrected chi connectivity index (χ4v) is 9.34. The summed E-state index contributed by atoms with van der Waals surface area (Å²) in [4.78, 5) is 22.6. The molecule has 47 heavy (non-hydrogen) atoms. The number of aryl methyl sites for hydroxylation is 1. The summed E-state index contributed by atoms with van der Waals surface area (Å²) in [5.41, 5.74) is 2.62. The van der Waals surface area contributed by atoms with Crippen LogP contribution in [-0.2, 0) is 21.3 Å². The van der Waals surface area contributed by atoms with Gasteiger partial charge in [-0.1, -0.05) is 18.3 Å². The normalized spacial score (nSPS) is 18.3. The van der Waals surface area contributed by atoms with Crippen LogP contribution in [0.25, 0.3) is 22.0 Å². The molecule has 4 heterocycles. The molecule has 2 aromatic heterocycles. The average Bonchev–Trinajstić information content (AvgIpc) is 3.54. The first-order valence-corrected chi connectivity index (χ1v) is 18.1. The van der Waals surface area contributed by atoms with E-state index in [0.717, 1.165) is 16.8 Å². The fourth-order valence-electron chi connectivity index (χ4n) is 6.41. The van der Waals surface area contributed by atoms with E-state index >= 15 is 0 Å². The van der Waals surface area contributed by atoms with Gasteiger partial charge in [0.05, 0.1) is 24.2 Å². The van der Waals surface area contributed by atoms with Gasteiger partial charge in [0.25, 0.3) is 5.56 Å². The molecule has 6 rings (SSSR count). The Morgan fingerprint density at radius 2 is 1.89 bits per heavy atom. The van der Waals surface area contributed by atoms with Gasteiger partial charge in [-0.05, 0) is 55.8 Å². The molecule has 2 aliphatic rings. The van der Waals surface area contributed by atoms with Crippen molar-refractivity contribution in [2.24, 2.45) is 0 Å². The molecule has 0 saturated carbocycles. The van der Waals surface area contributed by atoms with E-state index < -0.39 is 15.3 Å². The van der Waals surface area contributed by atoms with Gasteiger partial charge < -0.3 is 24.4 Å². The molecular weight excluding hydrogens is 642 g/mol. The lowest BCUT2D eigenvalue weighted by atomic mass is 10.1. The lowest BCUT2D eigenvalue weighted by Crippen LogP contribution is -2.57. The molecule has 2 unspecified atom stereocenters. The number of nitriles is 1. The average molecular weight is 680 g/mol. The van der Waals surface area contributed by atoms with Crippen molar-refractivity contribution in [3.8, 4) is 17.3 Å². The highest BCUT2D eigenvalue weighted by Gasteiger charge is 2.39. The van der Waals surface area contributed by atoms with Gasteiger partial charge in [-0.3, -0.25) is 4.79 Å². The van der Waals surface area contributed by atoms with Crippen LogP contribution in [0, 0.1) is 17.1 Å². The van der Waals surface area contributed by atoms with Crippen LogP contribution >= 0.6 is 11.3 Å². The highest BCUT2D eigenvalue weighted by atomic mass is 32.2. The fraction of sp³-hybridized carbons (Fsp3) is 0.424. The van der Waals surface area contributed by atoms with E-state index in [1.165, 1.54) is 23.5 Å². The number of anilines is 3. The summed E-state index contributed by atoms with van der Waals surface area (Å²) in [6.45, 7) is 7.62. The van der Waals surface area contributed by atoms with Crippen LogP contribution in [0.15, 0.2) is 53.5 Å². The van der Waals surface area contributed by atoms with Crippen LogP contribution in [0.3, 0.4) is 0 Å². The van der Waals surface area contributed by atoms with E-state index in [1.54, 1.807) is 27.2 Å². The second-order valence-electron chi connectivity index (χ2n) is 11.7. The number of nitrogens with zero attached hydrogens (tertiary/aromatic N) is 6. The van der Waals surface area contributed by atoms with Gasteiger partial charge in [-0.2, -0.15) is 9.57 Å². The molecule has 0 bridgehead atoms. The number of fused-ring (bicyclic) bond motifs is 1. The lowest BCUT2D eigenvalue weighted by Gasteiger charge is -2.39. The molecule has 2 aromatic carbocycles. The largest absolute Gasteiger partial charge is 0.378 e. The number of hydrogen-bond acceptors (Lipinski definition) is 10. The Morgan fingerprint density at radius 3 is 2.53 bits per heavy atom. The third kappa shape index (κ3) is 6.38. The Morgan fingerprint density at radius 1 is 1.15 bits per heavy atom. The van der Waals surface area contributed by atoms with E-state index in [-0.39, 0.29) is 17.4 Å². The van der Waals surface area contributed by atoms with Gasteiger partial charge in [0, 0.05) is 80.6 Å². The SMILES string of the molecule is CCC(C1COCCN1)S(=O)(=O)N1CCN(c2ccc3c(=O)n(CC)cc(N(C)c4nc(-c5ccc(F)cc5)c(C#N)s4)c3c2)CC1. The number of ether oxygens (including phenoxy) is 1. The quantitative estimate of drug-likeness (QED) is 0.278. The van der Waals surface area contributed by atoms with E-state index in [2.05, 4.69) is 16.3 Å². The molecule has 14 heteroatoms. The number of thiazole rings is 1. The smallest absolute Gasteiger partial charge is 0.258 e. The molecule has 1 N–H and O–H groups in total. The van der Waals surface area contributed by atoms with Crippen molar-refractivity contribution in [2.75, 3.05) is 62.8 Å². The van der Waals surface area contributed by atoms with Crippen LogP contribution in [0.2, 0.25) is 0 Å². The number of benzene rings is 2. The predicted molar refractivity (Wildman–Crippen MR) is 184 cm³/mol. The van der Waals surface area contributed by atoms with E-state index in [9.17, 15) is 22.9 Å². The summed E-state index contributed by atoms with van der Waals surface area (Å²) in [7, 11) is -1.69. The standard InChI is InChI=1S/C33H38FN7O4S2/c1-4-30(27-21-45-17-12-36-27)47(43,44)41-15-13-40(14-16-41)24-10-11-25-26(18-24)28(20-39(5-2)32(25)42)38(3)33-37-31(29(19-35)46-33)22-6-8-23(34)9-7-22/h6-11,18,20,27,30,36H,4-5,12-17,21H2,1-3H3. The van der Waals surface area contributed by atoms with Crippen LogP contribution < -0.4 is 20.7 Å². The summed E-state index contributed by atoms with van der Waals surface area (Å²) >= 11 is 1.22. The zero-order valence-electron chi connectivity index (χ0n) is 26.6. The number of pyridine rings is 1. The first-order chi connectivity index (χ1) is 22.7. The maximum absolute atomic E-state index is 13.7. The van der Waals surface area contributed by atoms with Crippen molar-refractivity contribution in [3.05, 3.63) is 69.7 Å². The van der Waals surface area contributed by atoms with E-state index in [0.29, 0.717) is 85.6 Å². The Kier molecular flexibility index (Phi) is 9.63. The van der Waals surface area contributed by atoms with E-state index in [4.69, 9.17) is 9.72 Å².